The van der Waals surface area contributed by atoms with Crippen LogP contribution in [0.4, 0.5) is 0 Å². The van der Waals surface area contributed by atoms with Gasteiger partial charge in [0.15, 0.2) is 0 Å². The molecule has 0 atom stereocenters. The zero-order valence-corrected chi connectivity index (χ0v) is 19.2. The molecule has 2 aromatic heterocycles. The number of carbonyl (C=O) groups is 1. The van der Waals surface area contributed by atoms with Gasteiger partial charge in [0.05, 0.1) is 12.2 Å². The van der Waals surface area contributed by atoms with Crippen molar-refractivity contribution < 1.29 is 4.79 Å². The lowest BCUT2D eigenvalue weighted by Crippen LogP contribution is -2.46. The van der Waals surface area contributed by atoms with Crippen molar-refractivity contribution in [2.75, 3.05) is 6.54 Å². The molecule has 0 aliphatic rings. The average Bonchev–Trinajstić information content (AvgIpc) is 2.83. The first-order valence-corrected chi connectivity index (χ1v) is 11.0. The molecular weight excluding hydrogens is 454 g/mol. The summed E-state index contributed by atoms with van der Waals surface area (Å²) in [6.07, 6.45) is 2.16. The van der Waals surface area contributed by atoms with Gasteiger partial charge in [0.1, 0.15) is 0 Å². The maximum atomic E-state index is 13.2. The van der Waals surface area contributed by atoms with Gasteiger partial charge in [0.25, 0.3) is 11.5 Å². The summed E-state index contributed by atoms with van der Waals surface area (Å²) in [6.45, 7) is 2.12. The van der Waals surface area contributed by atoms with Crippen LogP contribution in [0.15, 0.2) is 82.5 Å². The van der Waals surface area contributed by atoms with Gasteiger partial charge in [-0.25, -0.2) is 4.79 Å². The first kappa shape index (κ1) is 23.1. The highest BCUT2D eigenvalue weighted by molar-refractivity contribution is 6.30. The largest absolute Gasteiger partial charge is 0.352 e. The number of nitrogens with one attached hydrogen (secondary N) is 1. The van der Waals surface area contributed by atoms with Crippen molar-refractivity contribution in [3.63, 3.8) is 0 Å². The van der Waals surface area contributed by atoms with E-state index in [1.54, 1.807) is 42.6 Å². The van der Waals surface area contributed by atoms with E-state index in [2.05, 4.69) is 15.4 Å². The second kappa shape index (κ2) is 10.3. The number of nitrogens with zero attached hydrogens (tertiary/aromatic N) is 4. The van der Waals surface area contributed by atoms with Gasteiger partial charge in [-0.2, -0.15) is 9.78 Å². The third-order valence-corrected chi connectivity index (χ3v) is 5.41. The van der Waals surface area contributed by atoms with Crippen molar-refractivity contribution in [3.05, 3.63) is 121 Å². The van der Waals surface area contributed by atoms with Crippen molar-refractivity contribution in [2.24, 2.45) is 0 Å². The predicted octanol–water partition coefficient (Wildman–Crippen LogP) is 2.77. The van der Waals surface area contributed by atoms with Crippen molar-refractivity contribution in [1.29, 1.82) is 0 Å². The molecule has 0 radical (unpaired) electrons. The van der Waals surface area contributed by atoms with E-state index in [9.17, 15) is 14.4 Å². The fourth-order valence-corrected chi connectivity index (χ4v) is 3.62. The van der Waals surface area contributed by atoms with Gasteiger partial charge in [-0.1, -0.05) is 47.5 Å². The highest BCUT2D eigenvalue weighted by atomic mass is 35.5. The number of benzene rings is 2. The van der Waals surface area contributed by atoms with E-state index in [1.165, 1.54) is 0 Å². The molecule has 172 valence electrons. The van der Waals surface area contributed by atoms with E-state index >= 15 is 0 Å². The van der Waals surface area contributed by atoms with E-state index < -0.39 is 17.2 Å². The number of aromatic nitrogens is 4. The molecule has 2 heterocycles. The van der Waals surface area contributed by atoms with Crippen LogP contribution in [-0.2, 0) is 13.0 Å². The highest BCUT2D eigenvalue weighted by Gasteiger charge is 2.20. The van der Waals surface area contributed by atoms with Gasteiger partial charge < -0.3 is 5.32 Å². The summed E-state index contributed by atoms with van der Waals surface area (Å²) < 4.78 is 2.06. The molecule has 1 amide bonds. The topological polar surface area (TPSA) is 98.9 Å². The van der Waals surface area contributed by atoms with Crippen LogP contribution in [-0.4, -0.2) is 31.8 Å². The summed E-state index contributed by atoms with van der Waals surface area (Å²) in [6, 6.07) is 19.4. The zero-order chi connectivity index (χ0) is 24.1. The zero-order valence-electron chi connectivity index (χ0n) is 18.4. The Morgan fingerprint density at radius 2 is 1.82 bits per heavy atom. The fraction of sp³-hybridized carbons (Fsp3) is 0.160. The smallest absolute Gasteiger partial charge is 0.350 e. The molecular formula is C25H22ClN5O3. The maximum Gasteiger partial charge on any atom is 0.352 e. The Kier molecular flexibility index (Phi) is 6.98. The van der Waals surface area contributed by atoms with E-state index in [0.717, 1.165) is 20.5 Å². The number of aryl methyl sites for hydroxylation is 1. The summed E-state index contributed by atoms with van der Waals surface area (Å²) in [4.78, 5) is 43.5. The highest BCUT2D eigenvalue weighted by Crippen LogP contribution is 2.11. The van der Waals surface area contributed by atoms with Gasteiger partial charge in [0.2, 0.25) is 5.69 Å². The third-order valence-electron chi connectivity index (χ3n) is 5.18. The Morgan fingerprint density at radius 3 is 2.53 bits per heavy atom. The van der Waals surface area contributed by atoms with Crippen LogP contribution in [0.1, 0.15) is 27.3 Å². The lowest BCUT2D eigenvalue weighted by molar-refractivity contribution is 0.0944. The minimum Gasteiger partial charge on any atom is -0.350 e. The van der Waals surface area contributed by atoms with Gasteiger partial charge in [-0.3, -0.25) is 19.1 Å². The number of pyridine rings is 1. The fourth-order valence-electron chi connectivity index (χ4n) is 3.40. The molecule has 4 rings (SSSR count). The number of hydrogen-bond donors (Lipinski definition) is 1. The molecule has 0 aliphatic heterocycles. The molecule has 0 saturated heterocycles. The lowest BCUT2D eigenvalue weighted by atomic mass is 10.2. The van der Waals surface area contributed by atoms with Gasteiger partial charge in [-0.05, 0) is 48.9 Å². The number of amides is 1. The van der Waals surface area contributed by atoms with E-state index in [1.807, 2.05) is 37.3 Å². The summed E-state index contributed by atoms with van der Waals surface area (Å²) in [5, 5.41) is 7.32. The number of hydrogen-bond acceptors (Lipinski definition) is 5. The predicted molar refractivity (Wildman–Crippen MR) is 130 cm³/mol. The second-order valence-electron chi connectivity index (χ2n) is 7.73. The SMILES string of the molecule is Cc1ccc(-n2nc(C(=O)NCCc3ccccn3)c(=O)n(Cc3cccc(Cl)c3)c2=O)cc1. The average molecular weight is 476 g/mol. The number of rotatable bonds is 7. The van der Waals surface area contributed by atoms with Gasteiger partial charge in [-0.15, -0.1) is 0 Å². The van der Waals surface area contributed by atoms with Crippen molar-refractivity contribution in [2.45, 2.75) is 19.9 Å². The van der Waals surface area contributed by atoms with Gasteiger partial charge in [0, 0.05) is 29.9 Å². The summed E-state index contributed by atoms with van der Waals surface area (Å²) in [5.41, 5.74) is 1.09. The van der Waals surface area contributed by atoms with Crippen LogP contribution < -0.4 is 16.6 Å². The second-order valence-corrected chi connectivity index (χ2v) is 8.16. The van der Waals surface area contributed by atoms with Crippen LogP contribution in [0.5, 0.6) is 0 Å². The molecule has 1 N–H and O–H groups in total. The molecule has 0 saturated carbocycles. The van der Waals surface area contributed by atoms with E-state index in [0.29, 0.717) is 22.7 Å². The van der Waals surface area contributed by atoms with Crippen LogP contribution in [0.2, 0.25) is 5.02 Å². The van der Waals surface area contributed by atoms with Crippen molar-refractivity contribution >= 4 is 17.5 Å². The van der Waals surface area contributed by atoms with Gasteiger partial charge >= 0.3 is 5.69 Å². The minimum absolute atomic E-state index is 0.0547. The van der Waals surface area contributed by atoms with Crippen LogP contribution >= 0.6 is 11.6 Å². The third kappa shape index (κ3) is 5.29. The first-order valence-electron chi connectivity index (χ1n) is 10.7. The molecule has 0 unspecified atom stereocenters. The Morgan fingerprint density at radius 1 is 1.03 bits per heavy atom. The Bertz CT molecular complexity index is 1430. The molecule has 0 fully saturated rings. The molecule has 34 heavy (non-hydrogen) atoms. The molecule has 0 aliphatic carbocycles. The lowest BCUT2D eigenvalue weighted by Gasteiger charge is -2.13. The van der Waals surface area contributed by atoms with Crippen LogP contribution in [0.25, 0.3) is 5.69 Å². The molecule has 8 nitrogen and oxygen atoms in total. The summed E-state index contributed by atoms with van der Waals surface area (Å²) in [7, 11) is 0. The van der Waals surface area contributed by atoms with Crippen molar-refractivity contribution in [1.82, 2.24) is 24.6 Å². The van der Waals surface area contributed by atoms with E-state index in [4.69, 9.17) is 11.6 Å². The first-order chi connectivity index (χ1) is 16.4. The van der Waals surface area contributed by atoms with Crippen LogP contribution in [0.3, 0.4) is 0 Å². The van der Waals surface area contributed by atoms with Crippen LogP contribution in [0, 0.1) is 6.92 Å². The standard InChI is InChI=1S/C25H22ClN5O3/c1-17-8-10-21(11-9-17)31-25(34)30(16-18-5-4-6-19(26)15-18)24(33)22(29-31)23(32)28-14-12-20-7-2-3-13-27-20/h2-11,13,15H,12,14,16H2,1H3,(H,28,32). The normalized spacial score (nSPS) is 10.8. The molecule has 0 spiro atoms. The quantitative estimate of drug-likeness (QED) is 0.443. The maximum absolute atomic E-state index is 13.2. The minimum atomic E-state index is -0.774. The van der Waals surface area contributed by atoms with E-state index in [-0.39, 0.29) is 18.8 Å². The number of halogens is 1. The molecule has 2 aromatic carbocycles. The summed E-state index contributed by atoms with van der Waals surface area (Å²) in [5.74, 6) is -0.665. The Hall–Kier alpha value is -4.04. The Labute approximate surface area is 200 Å². The monoisotopic (exact) mass is 475 g/mol. The molecule has 4 aromatic rings. The molecule has 9 heteroatoms. The van der Waals surface area contributed by atoms with Crippen molar-refractivity contribution in [3.8, 4) is 5.69 Å². The molecule has 0 bridgehead atoms. The summed E-state index contributed by atoms with van der Waals surface area (Å²) >= 11 is 6.07. The number of carbonyl (C=O) groups excluding carboxylic acids is 1. The Balaban J connectivity index is 1.71.